The average Bonchev–Trinajstić information content (AvgIpc) is 2.82. The van der Waals surface area contributed by atoms with E-state index in [1.54, 1.807) is 18.3 Å². The predicted octanol–water partition coefficient (Wildman–Crippen LogP) is 4.97. The van der Waals surface area contributed by atoms with E-state index in [1.165, 1.54) is 17.0 Å². The molecule has 0 aliphatic heterocycles. The van der Waals surface area contributed by atoms with E-state index in [9.17, 15) is 4.79 Å². The molecule has 0 fully saturated rings. The van der Waals surface area contributed by atoms with Gasteiger partial charge in [-0.1, -0.05) is 42.5 Å². The largest absolute Gasteiger partial charge is 0.489 e. The Bertz CT molecular complexity index is 1180. The van der Waals surface area contributed by atoms with Gasteiger partial charge in [-0.05, 0) is 65.2 Å². The third-order valence-electron chi connectivity index (χ3n) is 4.80. The minimum Gasteiger partial charge on any atom is -0.489 e. The quantitative estimate of drug-likeness (QED) is 0.370. The number of carbonyl (C=O) groups is 1. The van der Waals surface area contributed by atoms with Gasteiger partial charge in [-0.2, -0.15) is 5.10 Å². The van der Waals surface area contributed by atoms with Gasteiger partial charge in [0, 0.05) is 12.4 Å². The molecule has 0 radical (unpaired) electrons. The van der Waals surface area contributed by atoms with Gasteiger partial charge < -0.3 is 4.74 Å². The van der Waals surface area contributed by atoms with Crippen LogP contribution in [0, 0.1) is 0 Å². The number of nitrogens with zero attached hydrogens (tertiary/aromatic N) is 2. The molecule has 0 unspecified atom stereocenters. The van der Waals surface area contributed by atoms with E-state index in [-0.39, 0.29) is 5.91 Å². The SMILES string of the molecule is C/C(=N\NC(=O)c1cccnc1)c1ccc(OCc2cccc3ccccc23)cc1. The Balaban J connectivity index is 1.39. The first-order chi connectivity index (χ1) is 14.7. The van der Waals surface area contributed by atoms with Crippen molar-refractivity contribution in [2.75, 3.05) is 0 Å². The molecule has 0 aliphatic rings. The highest BCUT2D eigenvalue weighted by Gasteiger charge is 2.05. The lowest BCUT2D eigenvalue weighted by molar-refractivity contribution is 0.0954. The molecule has 5 heteroatoms. The third kappa shape index (κ3) is 4.52. The van der Waals surface area contributed by atoms with Gasteiger partial charge in [-0.3, -0.25) is 9.78 Å². The maximum Gasteiger partial charge on any atom is 0.272 e. The molecule has 30 heavy (non-hydrogen) atoms. The molecule has 4 aromatic rings. The van der Waals surface area contributed by atoms with Crippen molar-refractivity contribution in [3.63, 3.8) is 0 Å². The Labute approximate surface area is 175 Å². The summed E-state index contributed by atoms with van der Waals surface area (Å²) in [6, 6.07) is 25.6. The zero-order valence-corrected chi connectivity index (χ0v) is 16.6. The molecule has 0 saturated carbocycles. The minimum absolute atomic E-state index is 0.294. The van der Waals surface area contributed by atoms with E-state index in [2.05, 4.69) is 39.8 Å². The predicted molar refractivity (Wildman–Crippen MR) is 119 cm³/mol. The summed E-state index contributed by atoms with van der Waals surface area (Å²) in [6.07, 6.45) is 3.12. The first kappa shape index (κ1) is 19.3. The topological polar surface area (TPSA) is 63.6 Å². The molecule has 1 amide bonds. The van der Waals surface area contributed by atoms with Crippen molar-refractivity contribution >= 4 is 22.4 Å². The molecule has 1 N–H and O–H groups in total. The summed E-state index contributed by atoms with van der Waals surface area (Å²) in [5.74, 6) is 0.483. The summed E-state index contributed by atoms with van der Waals surface area (Å²) in [5.41, 5.74) is 5.77. The Morgan fingerprint density at radius 3 is 2.53 bits per heavy atom. The van der Waals surface area contributed by atoms with Crippen LogP contribution in [-0.4, -0.2) is 16.6 Å². The molecule has 3 aromatic carbocycles. The van der Waals surface area contributed by atoms with Crippen LogP contribution >= 0.6 is 0 Å². The molecular weight excluding hydrogens is 374 g/mol. The molecule has 1 heterocycles. The van der Waals surface area contributed by atoms with Gasteiger partial charge in [0.1, 0.15) is 12.4 Å². The average molecular weight is 395 g/mol. The number of hydrogen-bond acceptors (Lipinski definition) is 4. The van der Waals surface area contributed by atoms with Crippen molar-refractivity contribution in [1.29, 1.82) is 0 Å². The number of nitrogens with one attached hydrogen (secondary N) is 1. The lowest BCUT2D eigenvalue weighted by atomic mass is 10.1. The summed E-state index contributed by atoms with van der Waals surface area (Å²) < 4.78 is 5.97. The summed E-state index contributed by atoms with van der Waals surface area (Å²) >= 11 is 0. The van der Waals surface area contributed by atoms with Gasteiger partial charge in [0.15, 0.2) is 0 Å². The highest BCUT2D eigenvalue weighted by atomic mass is 16.5. The van der Waals surface area contributed by atoms with Crippen LogP contribution in [0.5, 0.6) is 5.75 Å². The van der Waals surface area contributed by atoms with Gasteiger partial charge in [0.05, 0.1) is 11.3 Å². The van der Waals surface area contributed by atoms with Crippen molar-refractivity contribution in [2.45, 2.75) is 13.5 Å². The van der Waals surface area contributed by atoms with Gasteiger partial charge in [0.2, 0.25) is 0 Å². The Kier molecular flexibility index (Phi) is 5.80. The fourth-order valence-corrected chi connectivity index (χ4v) is 3.13. The van der Waals surface area contributed by atoms with Crippen LogP contribution in [0.1, 0.15) is 28.4 Å². The van der Waals surface area contributed by atoms with E-state index < -0.39 is 0 Å². The fraction of sp³-hybridized carbons (Fsp3) is 0.0800. The highest BCUT2D eigenvalue weighted by molar-refractivity contribution is 6.00. The lowest BCUT2D eigenvalue weighted by Crippen LogP contribution is -2.19. The number of fused-ring (bicyclic) bond motifs is 1. The number of rotatable bonds is 6. The third-order valence-corrected chi connectivity index (χ3v) is 4.80. The van der Waals surface area contributed by atoms with Crippen LogP contribution < -0.4 is 10.2 Å². The Morgan fingerprint density at radius 1 is 0.933 bits per heavy atom. The molecule has 0 spiro atoms. The Morgan fingerprint density at radius 2 is 1.73 bits per heavy atom. The van der Waals surface area contributed by atoms with E-state index in [1.807, 2.05) is 49.4 Å². The highest BCUT2D eigenvalue weighted by Crippen LogP contribution is 2.21. The zero-order valence-electron chi connectivity index (χ0n) is 16.6. The maximum absolute atomic E-state index is 12.1. The molecule has 5 nitrogen and oxygen atoms in total. The second kappa shape index (κ2) is 9.01. The summed E-state index contributed by atoms with van der Waals surface area (Å²) in [6.45, 7) is 2.34. The number of benzene rings is 3. The normalized spacial score (nSPS) is 11.3. The molecule has 0 atom stereocenters. The van der Waals surface area contributed by atoms with Crippen LogP contribution in [0.25, 0.3) is 10.8 Å². The number of carbonyl (C=O) groups excluding carboxylic acids is 1. The van der Waals surface area contributed by atoms with Crippen LogP contribution in [0.3, 0.4) is 0 Å². The number of aromatic nitrogens is 1. The van der Waals surface area contributed by atoms with Gasteiger partial charge >= 0.3 is 0 Å². The zero-order chi connectivity index (χ0) is 20.8. The first-order valence-corrected chi connectivity index (χ1v) is 9.65. The number of hydrogen-bond donors (Lipinski definition) is 1. The van der Waals surface area contributed by atoms with Crippen LogP contribution in [0.15, 0.2) is 96.4 Å². The molecule has 0 bridgehead atoms. The van der Waals surface area contributed by atoms with Crippen molar-refractivity contribution in [1.82, 2.24) is 10.4 Å². The fourth-order valence-electron chi connectivity index (χ4n) is 3.13. The second-order valence-electron chi connectivity index (χ2n) is 6.83. The van der Waals surface area contributed by atoms with E-state index in [0.717, 1.165) is 16.9 Å². The van der Waals surface area contributed by atoms with Crippen LogP contribution in [0.2, 0.25) is 0 Å². The second-order valence-corrected chi connectivity index (χ2v) is 6.83. The lowest BCUT2D eigenvalue weighted by Gasteiger charge is -2.10. The number of ether oxygens (including phenoxy) is 1. The summed E-state index contributed by atoms with van der Waals surface area (Å²) in [5, 5.41) is 6.58. The maximum atomic E-state index is 12.1. The first-order valence-electron chi connectivity index (χ1n) is 9.65. The van der Waals surface area contributed by atoms with Crippen molar-refractivity contribution in [3.8, 4) is 5.75 Å². The van der Waals surface area contributed by atoms with E-state index in [4.69, 9.17) is 4.74 Å². The number of pyridine rings is 1. The van der Waals surface area contributed by atoms with Crippen molar-refractivity contribution in [3.05, 3.63) is 108 Å². The number of amides is 1. The summed E-state index contributed by atoms with van der Waals surface area (Å²) in [4.78, 5) is 16.0. The van der Waals surface area contributed by atoms with E-state index >= 15 is 0 Å². The molecule has 4 rings (SSSR count). The van der Waals surface area contributed by atoms with Crippen molar-refractivity contribution in [2.24, 2.45) is 5.10 Å². The molecule has 0 aliphatic carbocycles. The monoisotopic (exact) mass is 395 g/mol. The van der Waals surface area contributed by atoms with Gasteiger partial charge in [-0.25, -0.2) is 5.43 Å². The van der Waals surface area contributed by atoms with Gasteiger partial charge in [0.25, 0.3) is 5.91 Å². The van der Waals surface area contributed by atoms with Crippen molar-refractivity contribution < 1.29 is 9.53 Å². The van der Waals surface area contributed by atoms with Crippen LogP contribution in [0.4, 0.5) is 0 Å². The minimum atomic E-state index is -0.294. The smallest absolute Gasteiger partial charge is 0.272 e. The molecule has 0 saturated heterocycles. The molecular formula is C25H21N3O2. The molecule has 1 aromatic heterocycles. The van der Waals surface area contributed by atoms with Crippen LogP contribution in [-0.2, 0) is 6.61 Å². The summed E-state index contributed by atoms with van der Waals surface area (Å²) in [7, 11) is 0. The molecule has 148 valence electrons. The van der Waals surface area contributed by atoms with E-state index in [0.29, 0.717) is 17.9 Å². The van der Waals surface area contributed by atoms with Gasteiger partial charge in [-0.15, -0.1) is 0 Å². The number of hydrazone groups is 1. The Hall–Kier alpha value is -3.99. The standard InChI is InChI=1S/C25H21N3O2/c1-18(27-28-25(29)21-9-5-15-26-16-21)19-11-13-23(14-12-19)30-17-22-8-4-7-20-6-2-3-10-24(20)22/h2-16H,17H2,1H3,(H,28,29)/b27-18+.